The molecule has 21 heavy (non-hydrogen) atoms. The lowest BCUT2D eigenvalue weighted by Gasteiger charge is -2.08. The van der Waals surface area contributed by atoms with Gasteiger partial charge in [-0.05, 0) is 36.8 Å². The highest BCUT2D eigenvalue weighted by atomic mass is 35.5. The molecule has 4 nitrogen and oxygen atoms in total. The summed E-state index contributed by atoms with van der Waals surface area (Å²) in [6.07, 6.45) is 1.76. The van der Waals surface area contributed by atoms with Crippen LogP contribution in [-0.2, 0) is 6.54 Å². The number of nitrogens with one attached hydrogen (secondary N) is 1. The number of anilines is 1. The Balaban J connectivity index is 1.72. The zero-order valence-corrected chi connectivity index (χ0v) is 12.4. The Morgan fingerprint density at radius 2 is 1.95 bits per heavy atom. The Morgan fingerprint density at radius 1 is 1.14 bits per heavy atom. The average molecular weight is 299 g/mol. The van der Waals surface area contributed by atoms with Crippen LogP contribution >= 0.6 is 11.6 Å². The van der Waals surface area contributed by atoms with Crippen molar-refractivity contribution in [1.82, 2.24) is 15.0 Å². The van der Waals surface area contributed by atoms with Gasteiger partial charge in [0.05, 0.1) is 18.4 Å². The van der Waals surface area contributed by atoms with Crippen LogP contribution in [0, 0.1) is 6.92 Å². The number of hydrogen-bond acceptors (Lipinski definition) is 3. The lowest BCUT2D eigenvalue weighted by atomic mass is 10.2. The molecular formula is C16H15ClN4. The second kappa shape index (κ2) is 5.97. The summed E-state index contributed by atoms with van der Waals surface area (Å²) in [5.41, 5.74) is 3.98. The van der Waals surface area contributed by atoms with Crippen molar-refractivity contribution in [2.75, 3.05) is 5.32 Å². The first-order valence-corrected chi connectivity index (χ1v) is 7.07. The third-order valence-corrected chi connectivity index (χ3v) is 3.42. The molecule has 3 rings (SSSR count). The molecular weight excluding hydrogens is 284 g/mol. The summed E-state index contributed by atoms with van der Waals surface area (Å²) in [6.45, 7) is 2.65. The third kappa shape index (κ3) is 3.23. The molecule has 0 saturated carbocycles. The maximum atomic E-state index is 6.01. The molecule has 0 bridgehead atoms. The second-order valence-corrected chi connectivity index (χ2v) is 5.21. The van der Waals surface area contributed by atoms with E-state index in [2.05, 4.69) is 15.5 Å². The van der Waals surface area contributed by atoms with Crippen LogP contribution in [0.4, 0.5) is 5.69 Å². The highest BCUT2D eigenvalue weighted by Gasteiger charge is 2.04. The van der Waals surface area contributed by atoms with Crippen LogP contribution < -0.4 is 5.32 Å². The normalized spacial score (nSPS) is 10.6. The largest absolute Gasteiger partial charge is 0.379 e. The quantitative estimate of drug-likeness (QED) is 0.796. The summed E-state index contributed by atoms with van der Waals surface area (Å²) in [5.74, 6) is 0. The van der Waals surface area contributed by atoms with E-state index in [9.17, 15) is 0 Å². The van der Waals surface area contributed by atoms with Crippen LogP contribution in [0.2, 0.25) is 5.02 Å². The van der Waals surface area contributed by atoms with Gasteiger partial charge in [-0.2, -0.15) is 15.0 Å². The van der Waals surface area contributed by atoms with Gasteiger partial charge in [-0.15, -0.1) is 0 Å². The number of nitrogens with zero attached hydrogens (tertiary/aromatic N) is 3. The zero-order valence-electron chi connectivity index (χ0n) is 11.6. The molecule has 3 aromatic rings. The van der Waals surface area contributed by atoms with Crippen molar-refractivity contribution in [2.24, 2.45) is 0 Å². The van der Waals surface area contributed by atoms with E-state index in [1.807, 2.05) is 55.5 Å². The average Bonchev–Trinajstić information content (AvgIpc) is 2.98. The molecule has 0 aliphatic heterocycles. The Kier molecular flexibility index (Phi) is 3.88. The molecule has 0 fully saturated rings. The van der Waals surface area contributed by atoms with E-state index in [4.69, 9.17) is 11.6 Å². The van der Waals surface area contributed by atoms with E-state index in [1.54, 1.807) is 11.0 Å². The Labute approximate surface area is 128 Å². The Bertz CT molecular complexity index is 737. The fourth-order valence-electron chi connectivity index (χ4n) is 2.03. The van der Waals surface area contributed by atoms with Crippen LogP contribution in [0.1, 0.15) is 11.3 Å². The fraction of sp³-hybridized carbons (Fsp3) is 0.125. The molecule has 0 amide bonds. The predicted molar refractivity (Wildman–Crippen MR) is 84.9 cm³/mol. The van der Waals surface area contributed by atoms with Crippen LogP contribution in [0.15, 0.2) is 54.7 Å². The van der Waals surface area contributed by atoms with Gasteiger partial charge < -0.3 is 5.32 Å². The minimum Gasteiger partial charge on any atom is -0.379 e. The topological polar surface area (TPSA) is 42.7 Å². The van der Waals surface area contributed by atoms with E-state index < -0.39 is 0 Å². The summed E-state index contributed by atoms with van der Waals surface area (Å²) in [4.78, 5) is 1.63. The van der Waals surface area contributed by atoms with Gasteiger partial charge in [0.25, 0.3) is 0 Å². The van der Waals surface area contributed by atoms with Gasteiger partial charge in [0.15, 0.2) is 0 Å². The minimum atomic E-state index is 0.605. The van der Waals surface area contributed by atoms with Crippen LogP contribution in [-0.4, -0.2) is 15.0 Å². The minimum absolute atomic E-state index is 0.605. The maximum absolute atomic E-state index is 6.01. The molecule has 2 aromatic carbocycles. The number of para-hydroxylation sites is 1. The molecule has 106 valence electrons. The number of benzene rings is 2. The van der Waals surface area contributed by atoms with Gasteiger partial charge in [-0.25, -0.2) is 0 Å². The van der Waals surface area contributed by atoms with Gasteiger partial charge in [-0.3, -0.25) is 0 Å². The number of aryl methyl sites for hydroxylation is 1. The fourth-order valence-corrected chi connectivity index (χ4v) is 2.20. The summed E-state index contributed by atoms with van der Waals surface area (Å²) >= 11 is 6.01. The first kappa shape index (κ1) is 13.6. The molecule has 0 atom stereocenters. The van der Waals surface area contributed by atoms with Crippen LogP contribution in [0.25, 0.3) is 5.69 Å². The zero-order chi connectivity index (χ0) is 14.7. The van der Waals surface area contributed by atoms with E-state index in [-0.39, 0.29) is 0 Å². The molecule has 1 aromatic heterocycles. The van der Waals surface area contributed by atoms with Crippen molar-refractivity contribution in [3.63, 3.8) is 0 Å². The molecule has 5 heteroatoms. The third-order valence-electron chi connectivity index (χ3n) is 3.19. The number of halogens is 1. The summed E-state index contributed by atoms with van der Waals surface area (Å²) < 4.78 is 0. The summed E-state index contributed by atoms with van der Waals surface area (Å²) in [5, 5.41) is 12.8. The lowest BCUT2D eigenvalue weighted by Crippen LogP contribution is -2.03. The van der Waals surface area contributed by atoms with E-state index in [1.165, 1.54) is 0 Å². The number of aromatic nitrogens is 3. The Hall–Kier alpha value is -2.33. The lowest BCUT2D eigenvalue weighted by molar-refractivity contribution is 0.740. The molecule has 0 radical (unpaired) electrons. The molecule has 1 heterocycles. The maximum Gasteiger partial charge on any atom is 0.102 e. The molecule has 0 spiro atoms. The van der Waals surface area contributed by atoms with Gasteiger partial charge in [0, 0.05) is 10.7 Å². The van der Waals surface area contributed by atoms with Crippen molar-refractivity contribution in [2.45, 2.75) is 13.5 Å². The smallest absolute Gasteiger partial charge is 0.102 e. The molecule has 0 aliphatic rings. The monoisotopic (exact) mass is 298 g/mol. The molecule has 0 aliphatic carbocycles. The highest BCUT2D eigenvalue weighted by Crippen LogP contribution is 2.20. The Morgan fingerprint density at radius 3 is 2.76 bits per heavy atom. The number of rotatable bonds is 4. The predicted octanol–water partition coefficient (Wildman–Crippen LogP) is 3.84. The van der Waals surface area contributed by atoms with Crippen molar-refractivity contribution >= 4 is 17.3 Å². The SMILES string of the molecule is Cc1ccc(Cl)cc1NCc1cnn(-c2ccccc2)n1. The van der Waals surface area contributed by atoms with Crippen molar-refractivity contribution in [3.05, 3.63) is 71.0 Å². The van der Waals surface area contributed by atoms with Crippen LogP contribution in [0.3, 0.4) is 0 Å². The summed E-state index contributed by atoms with van der Waals surface area (Å²) in [6, 6.07) is 15.6. The van der Waals surface area contributed by atoms with Gasteiger partial charge in [0.1, 0.15) is 5.69 Å². The summed E-state index contributed by atoms with van der Waals surface area (Å²) in [7, 11) is 0. The van der Waals surface area contributed by atoms with E-state index in [0.29, 0.717) is 6.54 Å². The highest BCUT2D eigenvalue weighted by molar-refractivity contribution is 6.30. The van der Waals surface area contributed by atoms with E-state index >= 15 is 0 Å². The standard InChI is InChI=1S/C16H15ClN4/c1-12-7-8-13(17)9-16(12)18-10-14-11-19-21(20-14)15-5-3-2-4-6-15/h2-9,11,18H,10H2,1H3. The van der Waals surface area contributed by atoms with Crippen molar-refractivity contribution in [1.29, 1.82) is 0 Å². The molecule has 1 N–H and O–H groups in total. The number of hydrogen-bond donors (Lipinski definition) is 1. The van der Waals surface area contributed by atoms with Crippen molar-refractivity contribution in [3.8, 4) is 5.69 Å². The molecule has 0 unspecified atom stereocenters. The van der Waals surface area contributed by atoms with Gasteiger partial charge in [0.2, 0.25) is 0 Å². The first-order chi connectivity index (χ1) is 10.2. The second-order valence-electron chi connectivity index (χ2n) is 4.77. The van der Waals surface area contributed by atoms with Gasteiger partial charge >= 0.3 is 0 Å². The molecule has 0 saturated heterocycles. The first-order valence-electron chi connectivity index (χ1n) is 6.69. The van der Waals surface area contributed by atoms with E-state index in [0.717, 1.165) is 27.7 Å². The van der Waals surface area contributed by atoms with Crippen LogP contribution in [0.5, 0.6) is 0 Å². The van der Waals surface area contributed by atoms with Gasteiger partial charge in [-0.1, -0.05) is 35.9 Å². The van der Waals surface area contributed by atoms with Crippen molar-refractivity contribution < 1.29 is 0 Å².